The molecule has 0 atom stereocenters. The van der Waals surface area contributed by atoms with Crippen molar-refractivity contribution in [3.05, 3.63) is 47.7 Å². The first-order valence-corrected chi connectivity index (χ1v) is 6.65. The van der Waals surface area contributed by atoms with Gasteiger partial charge in [0.1, 0.15) is 17.4 Å². The van der Waals surface area contributed by atoms with Crippen LogP contribution in [0.5, 0.6) is 11.6 Å². The summed E-state index contributed by atoms with van der Waals surface area (Å²) in [6, 6.07) is 13.3. The van der Waals surface area contributed by atoms with Crippen molar-refractivity contribution in [1.29, 1.82) is 5.26 Å². The topological polar surface area (TPSA) is 45.9 Å². The lowest BCUT2D eigenvalue weighted by Crippen LogP contribution is -1.94. The molecule has 2 rings (SSSR count). The van der Waals surface area contributed by atoms with Crippen LogP contribution in [0.2, 0.25) is 0 Å². The maximum absolute atomic E-state index is 9.04. The van der Waals surface area contributed by atoms with Crippen LogP contribution >= 0.6 is 11.8 Å². The van der Waals surface area contributed by atoms with Crippen molar-refractivity contribution in [2.75, 3.05) is 6.26 Å². The fourth-order valence-corrected chi connectivity index (χ4v) is 2.03. The quantitative estimate of drug-likeness (QED) is 0.784. The molecule has 1 aromatic heterocycles. The van der Waals surface area contributed by atoms with E-state index < -0.39 is 0 Å². The Morgan fingerprint density at radius 3 is 2.72 bits per heavy atom. The van der Waals surface area contributed by atoms with Gasteiger partial charge in [0, 0.05) is 10.6 Å². The van der Waals surface area contributed by atoms with Crippen molar-refractivity contribution in [2.45, 2.75) is 11.8 Å². The van der Waals surface area contributed by atoms with E-state index in [1.54, 1.807) is 23.9 Å². The van der Waals surface area contributed by atoms with Crippen molar-refractivity contribution in [2.24, 2.45) is 0 Å². The SMILES string of the molecule is CSc1ccccc1Oc1nc(C)ccc1C#N. The van der Waals surface area contributed by atoms with Gasteiger partial charge in [-0.25, -0.2) is 4.98 Å². The molecule has 1 aromatic carbocycles. The minimum atomic E-state index is 0.360. The molecule has 0 fully saturated rings. The molecule has 4 heteroatoms. The number of ether oxygens (including phenoxy) is 1. The van der Waals surface area contributed by atoms with Gasteiger partial charge in [-0.15, -0.1) is 11.8 Å². The summed E-state index contributed by atoms with van der Waals surface area (Å²) in [7, 11) is 0. The zero-order valence-electron chi connectivity index (χ0n) is 10.2. The highest BCUT2D eigenvalue weighted by Crippen LogP contribution is 2.31. The minimum Gasteiger partial charge on any atom is -0.436 e. The summed E-state index contributed by atoms with van der Waals surface area (Å²) in [5.41, 5.74) is 1.27. The van der Waals surface area contributed by atoms with E-state index in [0.717, 1.165) is 16.3 Å². The summed E-state index contributed by atoms with van der Waals surface area (Å²) in [4.78, 5) is 5.28. The number of aromatic nitrogens is 1. The third-order valence-corrected chi connectivity index (χ3v) is 3.17. The van der Waals surface area contributed by atoms with Gasteiger partial charge in [-0.1, -0.05) is 12.1 Å². The van der Waals surface area contributed by atoms with Crippen molar-refractivity contribution in [3.63, 3.8) is 0 Å². The van der Waals surface area contributed by atoms with Crippen LogP contribution in [0.4, 0.5) is 0 Å². The van der Waals surface area contributed by atoms with E-state index in [0.29, 0.717) is 11.4 Å². The van der Waals surface area contributed by atoms with Crippen LogP contribution in [0.25, 0.3) is 0 Å². The van der Waals surface area contributed by atoms with Crippen molar-refractivity contribution < 1.29 is 4.74 Å². The predicted octanol–water partition coefficient (Wildman–Crippen LogP) is 3.78. The number of aryl methyl sites for hydroxylation is 1. The van der Waals surface area contributed by atoms with E-state index in [9.17, 15) is 0 Å². The average Bonchev–Trinajstić information content (AvgIpc) is 2.40. The Morgan fingerprint density at radius 2 is 2.00 bits per heavy atom. The van der Waals surface area contributed by atoms with Gasteiger partial charge in [0.05, 0.1) is 0 Å². The summed E-state index contributed by atoms with van der Waals surface area (Å²) in [6.45, 7) is 1.87. The Bertz CT molecular complexity index is 605. The van der Waals surface area contributed by atoms with Gasteiger partial charge in [-0.3, -0.25) is 0 Å². The van der Waals surface area contributed by atoms with E-state index in [1.807, 2.05) is 37.4 Å². The molecule has 0 aliphatic heterocycles. The van der Waals surface area contributed by atoms with Gasteiger partial charge >= 0.3 is 0 Å². The second kappa shape index (κ2) is 5.56. The maximum atomic E-state index is 9.04. The van der Waals surface area contributed by atoms with E-state index in [1.165, 1.54) is 0 Å². The average molecular weight is 256 g/mol. The minimum absolute atomic E-state index is 0.360. The lowest BCUT2D eigenvalue weighted by molar-refractivity contribution is 0.449. The molecule has 2 aromatic rings. The molecule has 18 heavy (non-hydrogen) atoms. The van der Waals surface area contributed by atoms with E-state index in [-0.39, 0.29) is 0 Å². The van der Waals surface area contributed by atoms with Crippen LogP contribution in [0, 0.1) is 18.3 Å². The molecule has 0 N–H and O–H groups in total. The number of benzene rings is 1. The smallest absolute Gasteiger partial charge is 0.237 e. The standard InChI is InChI=1S/C14H12N2OS/c1-10-7-8-11(9-15)14(16-10)17-12-5-3-4-6-13(12)18-2/h3-8H,1-2H3. The molecular formula is C14H12N2OS. The summed E-state index contributed by atoms with van der Waals surface area (Å²) in [6.07, 6.45) is 1.98. The number of pyridine rings is 1. The molecular weight excluding hydrogens is 244 g/mol. The largest absolute Gasteiger partial charge is 0.436 e. The first-order chi connectivity index (χ1) is 8.74. The van der Waals surface area contributed by atoms with Crippen LogP contribution in [0.1, 0.15) is 11.3 Å². The molecule has 0 bridgehead atoms. The lowest BCUT2D eigenvalue weighted by Gasteiger charge is -2.09. The van der Waals surface area contributed by atoms with Gasteiger partial charge in [0.2, 0.25) is 5.88 Å². The molecule has 0 unspecified atom stereocenters. The summed E-state index contributed by atoms with van der Waals surface area (Å²) < 4.78 is 5.75. The highest BCUT2D eigenvalue weighted by Gasteiger charge is 2.09. The maximum Gasteiger partial charge on any atom is 0.237 e. The Balaban J connectivity index is 2.40. The highest BCUT2D eigenvalue weighted by atomic mass is 32.2. The molecule has 0 aliphatic rings. The Morgan fingerprint density at radius 1 is 1.22 bits per heavy atom. The van der Waals surface area contributed by atoms with Gasteiger partial charge in [0.15, 0.2) is 0 Å². The number of nitrogens with zero attached hydrogens (tertiary/aromatic N) is 2. The van der Waals surface area contributed by atoms with Gasteiger partial charge in [-0.2, -0.15) is 5.26 Å². The molecule has 0 radical (unpaired) electrons. The number of hydrogen-bond acceptors (Lipinski definition) is 4. The third-order valence-electron chi connectivity index (χ3n) is 2.40. The first-order valence-electron chi connectivity index (χ1n) is 5.43. The van der Waals surface area contributed by atoms with Crippen LogP contribution < -0.4 is 4.74 Å². The molecule has 0 saturated heterocycles. The fourth-order valence-electron chi connectivity index (χ4n) is 1.50. The Kier molecular flexibility index (Phi) is 3.85. The summed E-state index contributed by atoms with van der Waals surface area (Å²) >= 11 is 1.60. The molecule has 1 heterocycles. The number of hydrogen-bond donors (Lipinski definition) is 0. The van der Waals surface area contributed by atoms with Crippen LogP contribution in [-0.2, 0) is 0 Å². The monoisotopic (exact) mass is 256 g/mol. The Hall–Kier alpha value is -1.99. The first kappa shape index (κ1) is 12.5. The number of nitriles is 1. The molecule has 0 spiro atoms. The summed E-state index contributed by atoms with van der Waals surface area (Å²) in [5, 5.41) is 9.04. The second-order valence-corrected chi connectivity index (χ2v) is 4.52. The van der Waals surface area contributed by atoms with Crippen LogP contribution in [-0.4, -0.2) is 11.2 Å². The fraction of sp³-hybridized carbons (Fsp3) is 0.143. The van der Waals surface area contributed by atoms with Gasteiger partial charge in [0.25, 0.3) is 0 Å². The molecule has 0 amide bonds. The van der Waals surface area contributed by atoms with Crippen molar-refractivity contribution >= 4 is 11.8 Å². The van der Waals surface area contributed by atoms with Crippen LogP contribution in [0.3, 0.4) is 0 Å². The van der Waals surface area contributed by atoms with Crippen molar-refractivity contribution in [1.82, 2.24) is 4.98 Å². The lowest BCUT2D eigenvalue weighted by atomic mass is 10.2. The number of rotatable bonds is 3. The van der Waals surface area contributed by atoms with E-state index in [4.69, 9.17) is 10.00 Å². The summed E-state index contributed by atoms with van der Waals surface area (Å²) in [5.74, 6) is 1.08. The van der Waals surface area contributed by atoms with Gasteiger partial charge in [-0.05, 0) is 37.4 Å². The zero-order valence-corrected chi connectivity index (χ0v) is 11.0. The zero-order chi connectivity index (χ0) is 13.0. The van der Waals surface area contributed by atoms with E-state index in [2.05, 4.69) is 11.1 Å². The molecule has 90 valence electrons. The molecule has 0 aliphatic carbocycles. The Labute approximate surface area is 110 Å². The normalized spacial score (nSPS) is 9.83. The second-order valence-electron chi connectivity index (χ2n) is 3.67. The third kappa shape index (κ3) is 2.63. The predicted molar refractivity (Wildman–Crippen MR) is 72.0 cm³/mol. The number of para-hydroxylation sites is 1. The van der Waals surface area contributed by atoms with Crippen LogP contribution in [0.15, 0.2) is 41.3 Å². The molecule has 3 nitrogen and oxygen atoms in total. The van der Waals surface area contributed by atoms with Crippen molar-refractivity contribution in [3.8, 4) is 17.7 Å². The highest BCUT2D eigenvalue weighted by molar-refractivity contribution is 7.98. The number of thioether (sulfide) groups is 1. The van der Waals surface area contributed by atoms with E-state index >= 15 is 0 Å². The van der Waals surface area contributed by atoms with Gasteiger partial charge < -0.3 is 4.74 Å². The molecule has 0 saturated carbocycles.